The molecule has 1 unspecified atom stereocenters. The molecule has 1 aromatic heterocycles. The maximum Gasteiger partial charge on any atom is 0.119 e. The van der Waals surface area contributed by atoms with Gasteiger partial charge in [0.05, 0.1) is 7.11 Å². The van der Waals surface area contributed by atoms with Crippen molar-refractivity contribution >= 4 is 11.3 Å². The number of nitrogens with one attached hydrogen (secondary N) is 1. The Morgan fingerprint density at radius 2 is 2.16 bits per heavy atom. The quantitative estimate of drug-likeness (QED) is 0.835. The minimum atomic E-state index is 0.509. The molecular weight excluding hydrogens is 254 g/mol. The molecule has 0 amide bonds. The zero-order chi connectivity index (χ0) is 13.5. The normalized spacial score (nSPS) is 12.3. The van der Waals surface area contributed by atoms with E-state index in [0.717, 1.165) is 25.0 Å². The lowest BCUT2D eigenvalue weighted by Crippen LogP contribution is -2.28. The third-order valence-corrected chi connectivity index (χ3v) is 4.28. The summed E-state index contributed by atoms with van der Waals surface area (Å²) in [6, 6.07) is 13.2. The van der Waals surface area contributed by atoms with Gasteiger partial charge in [0.25, 0.3) is 0 Å². The summed E-state index contributed by atoms with van der Waals surface area (Å²) in [7, 11) is 3.75. The van der Waals surface area contributed by atoms with Crippen molar-refractivity contribution in [2.75, 3.05) is 14.2 Å². The summed E-state index contributed by atoms with van der Waals surface area (Å²) in [5.74, 6) is 0.936. The molecule has 0 saturated heterocycles. The van der Waals surface area contributed by atoms with Gasteiger partial charge in [-0.15, -0.1) is 11.3 Å². The summed E-state index contributed by atoms with van der Waals surface area (Å²) < 4.78 is 5.27. The molecule has 0 aliphatic carbocycles. The molecule has 0 aliphatic heterocycles. The zero-order valence-corrected chi connectivity index (χ0v) is 12.4. The Morgan fingerprint density at radius 3 is 2.84 bits per heavy atom. The van der Waals surface area contributed by atoms with Gasteiger partial charge in [-0.25, -0.2) is 0 Å². The Kier molecular flexibility index (Phi) is 5.43. The second-order valence-electron chi connectivity index (χ2n) is 4.66. The Morgan fingerprint density at radius 1 is 1.26 bits per heavy atom. The van der Waals surface area contributed by atoms with Crippen molar-refractivity contribution in [3.8, 4) is 5.75 Å². The van der Waals surface area contributed by atoms with Crippen LogP contribution in [0.15, 0.2) is 41.8 Å². The maximum atomic E-state index is 5.27. The van der Waals surface area contributed by atoms with Gasteiger partial charge in [-0.2, -0.15) is 0 Å². The van der Waals surface area contributed by atoms with Gasteiger partial charge in [0, 0.05) is 10.9 Å². The van der Waals surface area contributed by atoms with E-state index < -0.39 is 0 Å². The third-order valence-electron chi connectivity index (χ3n) is 3.34. The van der Waals surface area contributed by atoms with Crippen LogP contribution in [0.5, 0.6) is 5.75 Å². The lowest BCUT2D eigenvalue weighted by Gasteiger charge is -2.16. The number of hydrogen-bond donors (Lipinski definition) is 1. The lowest BCUT2D eigenvalue weighted by atomic mass is 10.0. The molecule has 102 valence electrons. The Hall–Kier alpha value is -1.32. The van der Waals surface area contributed by atoms with Crippen LogP contribution in [-0.4, -0.2) is 20.2 Å². The fraction of sp³-hybridized carbons (Fsp3) is 0.375. The summed E-state index contributed by atoms with van der Waals surface area (Å²) in [5.41, 5.74) is 1.32. The number of aryl methyl sites for hydroxylation is 1. The van der Waals surface area contributed by atoms with Crippen LogP contribution in [0, 0.1) is 0 Å². The summed E-state index contributed by atoms with van der Waals surface area (Å²) in [6.07, 6.45) is 3.35. The average Bonchev–Trinajstić information content (AvgIpc) is 2.97. The highest BCUT2D eigenvalue weighted by Crippen LogP contribution is 2.17. The van der Waals surface area contributed by atoms with Crippen molar-refractivity contribution < 1.29 is 4.74 Å². The highest BCUT2D eigenvalue weighted by Gasteiger charge is 2.08. The van der Waals surface area contributed by atoms with E-state index in [9.17, 15) is 0 Å². The van der Waals surface area contributed by atoms with Gasteiger partial charge >= 0.3 is 0 Å². The van der Waals surface area contributed by atoms with Gasteiger partial charge in [-0.3, -0.25) is 0 Å². The van der Waals surface area contributed by atoms with Gasteiger partial charge in [0.1, 0.15) is 5.75 Å². The SMILES string of the molecule is CNC(CCc1cccs1)Cc1cccc(OC)c1. The van der Waals surface area contributed by atoms with E-state index in [1.54, 1.807) is 7.11 Å². The smallest absolute Gasteiger partial charge is 0.119 e. The van der Waals surface area contributed by atoms with Gasteiger partial charge in [-0.1, -0.05) is 18.2 Å². The average molecular weight is 275 g/mol. The number of rotatable bonds is 7. The van der Waals surface area contributed by atoms with Gasteiger partial charge in [0.15, 0.2) is 0 Å². The number of thiophene rings is 1. The molecule has 2 aromatic rings. The van der Waals surface area contributed by atoms with Crippen LogP contribution in [-0.2, 0) is 12.8 Å². The molecule has 1 atom stereocenters. The second-order valence-corrected chi connectivity index (χ2v) is 5.69. The molecule has 1 heterocycles. The van der Waals surface area contributed by atoms with Gasteiger partial charge in [0.2, 0.25) is 0 Å². The van der Waals surface area contributed by atoms with Crippen molar-refractivity contribution in [1.29, 1.82) is 0 Å². The van der Waals surface area contributed by atoms with Crippen LogP contribution in [0.25, 0.3) is 0 Å². The number of ether oxygens (including phenoxy) is 1. The molecule has 1 N–H and O–H groups in total. The Labute approximate surface area is 119 Å². The van der Waals surface area contributed by atoms with Crippen LogP contribution in [0.1, 0.15) is 16.9 Å². The molecule has 2 rings (SSSR count). The van der Waals surface area contributed by atoms with Crippen molar-refractivity contribution in [3.63, 3.8) is 0 Å². The van der Waals surface area contributed by atoms with Crippen molar-refractivity contribution in [2.45, 2.75) is 25.3 Å². The highest BCUT2D eigenvalue weighted by atomic mass is 32.1. The second kappa shape index (κ2) is 7.31. The van der Waals surface area contributed by atoms with Crippen molar-refractivity contribution in [3.05, 3.63) is 52.2 Å². The van der Waals surface area contributed by atoms with E-state index in [4.69, 9.17) is 4.74 Å². The van der Waals surface area contributed by atoms with Gasteiger partial charge < -0.3 is 10.1 Å². The first-order valence-corrected chi connectivity index (χ1v) is 7.52. The van der Waals surface area contributed by atoms with Crippen LogP contribution in [0.3, 0.4) is 0 Å². The van der Waals surface area contributed by atoms with Crippen molar-refractivity contribution in [1.82, 2.24) is 5.32 Å². The van der Waals surface area contributed by atoms with Crippen LogP contribution in [0.4, 0.5) is 0 Å². The predicted octanol–water partition coefficient (Wildman–Crippen LogP) is 3.52. The zero-order valence-electron chi connectivity index (χ0n) is 11.6. The minimum Gasteiger partial charge on any atom is -0.497 e. The van der Waals surface area contributed by atoms with Crippen LogP contribution >= 0.6 is 11.3 Å². The van der Waals surface area contributed by atoms with E-state index in [1.165, 1.54) is 10.4 Å². The van der Waals surface area contributed by atoms with E-state index in [2.05, 4.69) is 41.0 Å². The summed E-state index contributed by atoms with van der Waals surface area (Å²) >= 11 is 1.84. The lowest BCUT2D eigenvalue weighted by molar-refractivity contribution is 0.413. The fourth-order valence-corrected chi connectivity index (χ4v) is 2.93. The maximum absolute atomic E-state index is 5.27. The molecule has 0 aliphatic rings. The van der Waals surface area contributed by atoms with E-state index in [1.807, 2.05) is 24.5 Å². The van der Waals surface area contributed by atoms with E-state index >= 15 is 0 Å². The summed E-state index contributed by atoms with van der Waals surface area (Å²) in [5, 5.41) is 5.56. The molecule has 0 bridgehead atoms. The molecule has 0 spiro atoms. The minimum absolute atomic E-state index is 0.509. The molecule has 0 fully saturated rings. The molecule has 2 nitrogen and oxygen atoms in total. The highest BCUT2D eigenvalue weighted by molar-refractivity contribution is 7.09. The van der Waals surface area contributed by atoms with Crippen LogP contribution < -0.4 is 10.1 Å². The van der Waals surface area contributed by atoms with E-state index in [0.29, 0.717) is 6.04 Å². The van der Waals surface area contributed by atoms with Gasteiger partial charge in [-0.05, 0) is 55.5 Å². The summed E-state index contributed by atoms with van der Waals surface area (Å²) in [6.45, 7) is 0. The topological polar surface area (TPSA) is 21.3 Å². The molecule has 1 aromatic carbocycles. The molecule has 19 heavy (non-hydrogen) atoms. The number of benzene rings is 1. The van der Waals surface area contributed by atoms with E-state index in [-0.39, 0.29) is 0 Å². The first-order valence-electron chi connectivity index (χ1n) is 6.64. The fourth-order valence-electron chi connectivity index (χ4n) is 2.20. The number of likely N-dealkylation sites (N-methyl/N-ethyl adjacent to an activating group) is 1. The third kappa shape index (κ3) is 4.37. The molecule has 3 heteroatoms. The molecule has 0 radical (unpaired) electrons. The Bertz CT molecular complexity index is 481. The molecule has 0 saturated carbocycles. The Balaban J connectivity index is 1.90. The summed E-state index contributed by atoms with van der Waals surface area (Å²) in [4.78, 5) is 1.46. The predicted molar refractivity (Wildman–Crippen MR) is 82.2 cm³/mol. The van der Waals surface area contributed by atoms with Crippen molar-refractivity contribution in [2.24, 2.45) is 0 Å². The monoisotopic (exact) mass is 275 g/mol. The largest absolute Gasteiger partial charge is 0.497 e. The standard InChI is InChI=1S/C16H21NOS/c1-17-14(8-9-16-7-4-10-19-16)11-13-5-3-6-15(12-13)18-2/h3-7,10,12,14,17H,8-9,11H2,1-2H3. The van der Waals surface area contributed by atoms with Crippen LogP contribution in [0.2, 0.25) is 0 Å². The number of hydrogen-bond acceptors (Lipinski definition) is 3. The number of methoxy groups -OCH3 is 1. The first kappa shape index (κ1) is 14.1. The molecular formula is C16H21NOS. The first-order chi connectivity index (χ1) is 9.31.